The van der Waals surface area contributed by atoms with Gasteiger partial charge in [-0.2, -0.15) is 0 Å². The highest BCUT2D eigenvalue weighted by molar-refractivity contribution is 6.15. The molecule has 9 aromatic rings. The number of nitrogen functional groups attached to an aromatic ring is 3. The van der Waals surface area contributed by atoms with Crippen LogP contribution in [0.1, 0.15) is 55.7 Å². The van der Waals surface area contributed by atoms with Gasteiger partial charge in [0.25, 0.3) is 0 Å². The molecule has 2 aromatic heterocycles. The summed E-state index contributed by atoms with van der Waals surface area (Å²) in [6, 6.07) is 52.5. The summed E-state index contributed by atoms with van der Waals surface area (Å²) in [6.07, 6.45) is 17.2. The van der Waals surface area contributed by atoms with E-state index >= 15 is 0 Å². The molecule has 3 unspecified atom stereocenters. The zero-order chi connectivity index (χ0) is 45.1. The summed E-state index contributed by atoms with van der Waals surface area (Å²) in [5.41, 5.74) is 39.1. The number of para-hydroxylation sites is 4. The molecule has 7 aromatic carbocycles. The van der Waals surface area contributed by atoms with Gasteiger partial charge < -0.3 is 36.1 Å². The quantitative estimate of drug-likeness (QED) is 0.145. The van der Waals surface area contributed by atoms with E-state index in [1.807, 2.05) is 6.07 Å². The van der Waals surface area contributed by atoms with Crippen molar-refractivity contribution in [2.24, 2.45) is 0 Å². The molecule has 2 aliphatic heterocycles. The highest BCUT2D eigenvalue weighted by atomic mass is 15.2. The number of nitrogens with zero attached hydrogens (tertiary/aromatic N) is 4. The summed E-state index contributed by atoms with van der Waals surface area (Å²) in [5, 5.41) is 6.23. The third kappa shape index (κ3) is 5.64. The van der Waals surface area contributed by atoms with Crippen LogP contribution in [0.15, 0.2) is 170 Å². The first-order valence-corrected chi connectivity index (χ1v) is 23.7. The average molecular weight is 870 g/mol. The van der Waals surface area contributed by atoms with Crippen molar-refractivity contribution in [2.75, 3.05) is 27.0 Å². The molecular weight excluding hydrogens is 819 g/mol. The zero-order valence-electron chi connectivity index (χ0n) is 37.7. The van der Waals surface area contributed by atoms with Crippen molar-refractivity contribution in [3.63, 3.8) is 0 Å². The van der Waals surface area contributed by atoms with Crippen LogP contribution in [-0.4, -0.2) is 21.2 Å². The Balaban J connectivity index is 0.935. The van der Waals surface area contributed by atoms with Crippen molar-refractivity contribution in [2.45, 2.75) is 51.1 Å². The van der Waals surface area contributed by atoms with Gasteiger partial charge in [0.2, 0.25) is 0 Å². The Morgan fingerprint density at radius 2 is 1.27 bits per heavy atom. The van der Waals surface area contributed by atoms with E-state index in [1.165, 1.54) is 65.8 Å². The number of hydrogen-bond donors (Lipinski definition) is 3. The van der Waals surface area contributed by atoms with Crippen molar-refractivity contribution in [3.05, 3.63) is 197 Å². The van der Waals surface area contributed by atoms with Gasteiger partial charge in [0.15, 0.2) is 0 Å². The fourth-order valence-corrected chi connectivity index (χ4v) is 12.1. The molecule has 3 atom stereocenters. The lowest BCUT2D eigenvalue weighted by Gasteiger charge is -2.34. The first-order valence-electron chi connectivity index (χ1n) is 23.7. The second kappa shape index (κ2) is 14.9. The Hall–Kier alpha value is -8.16. The highest BCUT2D eigenvalue weighted by Crippen LogP contribution is 2.54. The minimum atomic E-state index is 0.00676. The molecule has 4 heterocycles. The summed E-state index contributed by atoms with van der Waals surface area (Å²) in [5.74, 6) is 0.0782. The third-order valence-corrected chi connectivity index (χ3v) is 14.9. The summed E-state index contributed by atoms with van der Waals surface area (Å²) in [7, 11) is 0. The standard InChI is InChI=1S/C60H51N7/c1-3-38-40-16-5-12-24-52(40)65(49(38)4-2)58-35-59(48(63)34-47(58)62)66-53-25-13-8-19-43(53)45-32-36(28-31-55(45)66)39-21-15-27-56-60(39)44-20-9-14-26-54(44)67(56)57-33-37(29-30-46(57)61)64-50-22-10-6-17-41(50)42-18-7-11-23-51(42)64/h3,5-6,8-10,12-35,45,49,55H,4,7,11,61-63H2,1-2H3/b38-3-. The maximum absolute atomic E-state index is 7.04. The maximum Gasteiger partial charge on any atom is 0.0712 e. The Morgan fingerprint density at radius 1 is 0.582 bits per heavy atom. The molecule has 6 N–H and O–H groups in total. The summed E-state index contributed by atoms with van der Waals surface area (Å²) >= 11 is 0. The number of hydrogen-bond acceptors (Lipinski definition) is 5. The molecule has 67 heavy (non-hydrogen) atoms. The normalized spacial score (nSPS) is 18.8. The molecule has 7 nitrogen and oxygen atoms in total. The van der Waals surface area contributed by atoms with Crippen molar-refractivity contribution >= 4 is 95.8 Å². The fourth-order valence-electron chi connectivity index (χ4n) is 12.1. The van der Waals surface area contributed by atoms with Crippen LogP contribution in [0.2, 0.25) is 0 Å². The summed E-state index contributed by atoms with van der Waals surface area (Å²) < 4.78 is 4.77. The van der Waals surface area contributed by atoms with Gasteiger partial charge in [-0.05, 0) is 109 Å². The van der Waals surface area contributed by atoms with E-state index < -0.39 is 0 Å². The van der Waals surface area contributed by atoms with Gasteiger partial charge in [0.1, 0.15) is 0 Å². The third-order valence-electron chi connectivity index (χ3n) is 14.9. The van der Waals surface area contributed by atoms with Gasteiger partial charge in [0, 0.05) is 55.3 Å². The van der Waals surface area contributed by atoms with Crippen LogP contribution in [0.25, 0.3) is 67.4 Å². The molecule has 0 bridgehead atoms. The van der Waals surface area contributed by atoms with Crippen molar-refractivity contribution < 1.29 is 0 Å². The van der Waals surface area contributed by atoms with E-state index in [2.05, 4.69) is 209 Å². The number of allylic oxidation sites excluding steroid dienone is 3. The SMILES string of the molecule is C/C=C1/c2ccccc2N(c2cc(N3c4ccccc4C4C=C(c5cccc6c5c5ccccc5n6-c5cc(-n6c7c(c8ccccc86)=CCCC=7)ccc5N)C=CC43)c(N)cc2N)C1CC. The fraction of sp³-hybridized carbons (Fsp3) is 0.133. The van der Waals surface area contributed by atoms with E-state index in [0.717, 1.165) is 64.4 Å². The van der Waals surface area contributed by atoms with Crippen LogP contribution in [0.4, 0.5) is 39.8 Å². The first kappa shape index (κ1) is 39.2. The minimum Gasteiger partial charge on any atom is -0.397 e. The van der Waals surface area contributed by atoms with Gasteiger partial charge in [-0.15, -0.1) is 0 Å². The van der Waals surface area contributed by atoms with Gasteiger partial charge in [-0.1, -0.05) is 128 Å². The second-order valence-corrected chi connectivity index (χ2v) is 18.4. The van der Waals surface area contributed by atoms with Gasteiger partial charge in [-0.3, -0.25) is 0 Å². The van der Waals surface area contributed by atoms with Gasteiger partial charge in [0.05, 0.1) is 62.8 Å². The lowest BCUT2D eigenvalue weighted by atomic mass is 9.85. The van der Waals surface area contributed by atoms with Gasteiger partial charge in [-0.25, -0.2) is 0 Å². The Bertz CT molecular complexity index is 3790. The molecule has 326 valence electrons. The van der Waals surface area contributed by atoms with Crippen LogP contribution < -0.4 is 37.6 Å². The second-order valence-electron chi connectivity index (χ2n) is 18.4. The van der Waals surface area contributed by atoms with Crippen molar-refractivity contribution in [3.8, 4) is 11.4 Å². The molecule has 0 fully saturated rings. The molecule has 4 aliphatic rings. The minimum absolute atomic E-state index is 0.00676. The molecule has 0 saturated carbocycles. The molecule has 0 spiro atoms. The van der Waals surface area contributed by atoms with E-state index in [-0.39, 0.29) is 18.0 Å². The van der Waals surface area contributed by atoms with Crippen LogP contribution in [0.5, 0.6) is 0 Å². The maximum atomic E-state index is 7.04. The van der Waals surface area contributed by atoms with Crippen LogP contribution in [0.3, 0.4) is 0 Å². The van der Waals surface area contributed by atoms with Crippen LogP contribution in [-0.2, 0) is 0 Å². The van der Waals surface area contributed by atoms with Crippen molar-refractivity contribution in [1.29, 1.82) is 0 Å². The van der Waals surface area contributed by atoms with Crippen molar-refractivity contribution in [1.82, 2.24) is 9.13 Å². The molecule has 0 radical (unpaired) electrons. The zero-order valence-corrected chi connectivity index (χ0v) is 37.7. The Labute approximate surface area is 390 Å². The topological polar surface area (TPSA) is 94.4 Å². The smallest absolute Gasteiger partial charge is 0.0712 e. The number of aromatic nitrogens is 2. The van der Waals surface area contributed by atoms with E-state index in [0.29, 0.717) is 11.4 Å². The Kier molecular flexibility index (Phi) is 8.75. The lowest BCUT2D eigenvalue weighted by molar-refractivity contribution is 0.747. The molecular formula is C60H51N7. The van der Waals surface area contributed by atoms with Gasteiger partial charge >= 0.3 is 0 Å². The summed E-state index contributed by atoms with van der Waals surface area (Å²) in [4.78, 5) is 4.86. The average Bonchev–Trinajstić information content (AvgIpc) is 4.09. The highest BCUT2D eigenvalue weighted by Gasteiger charge is 2.41. The molecule has 0 saturated heterocycles. The lowest BCUT2D eigenvalue weighted by Crippen LogP contribution is -2.31. The van der Waals surface area contributed by atoms with E-state index in [1.54, 1.807) is 0 Å². The largest absolute Gasteiger partial charge is 0.397 e. The first-order chi connectivity index (χ1) is 32.9. The molecule has 2 aliphatic carbocycles. The molecule has 0 amide bonds. The molecule has 7 heteroatoms. The van der Waals surface area contributed by atoms with Crippen LogP contribution >= 0.6 is 0 Å². The number of anilines is 7. The van der Waals surface area contributed by atoms with E-state index in [4.69, 9.17) is 17.2 Å². The van der Waals surface area contributed by atoms with Crippen LogP contribution in [0, 0.1) is 0 Å². The number of rotatable bonds is 6. The predicted octanol–water partition coefficient (Wildman–Crippen LogP) is 12.4. The Morgan fingerprint density at radius 3 is 2.09 bits per heavy atom. The van der Waals surface area contributed by atoms with E-state index in [9.17, 15) is 0 Å². The monoisotopic (exact) mass is 869 g/mol. The number of nitrogens with two attached hydrogens (primary N) is 3. The number of benzene rings is 7. The molecule has 13 rings (SSSR count). The number of fused-ring (bicyclic) bond motifs is 10. The summed E-state index contributed by atoms with van der Waals surface area (Å²) in [6.45, 7) is 4.39. The predicted molar refractivity (Wildman–Crippen MR) is 283 cm³/mol.